The number of hydrogen-bond acceptors (Lipinski definition) is 5. The highest BCUT2D eigenvalue weighted by Crippen LogP contribution is 2.28. The number of para-hydroxylation sites is 2. The highest BCUT2D eigenvalue weighted by molar-refractivity contribution is 5.95. The standard InChI is InChI=1S/C21H24N4O2/c1-24(2)16-8-5-7-15(13-16)20(26)22-14-17-9-6-12-25(17)21-23-18-10-3-4-11-19(18)27-21/h3-5,7-8,10-11,13,17H,6,9,12,14H2,1-2H3,(H,22,26)/t17-/m0/s1. The predicted octanol–water partition coefficient (Wildman–Crippen LogP) is 3.29. The number of aromatic nitrogens is 1. The van der Waals surface area contributed by atoms with E-state index in [0.29, 0.717) is 18.1 Å². The van der Waals surface area contributed by atoms with Crippen molar-refractivity contribution in [1.29, 1.82) is 0 Å². The molecule has 1 saturated heterocycles. The summed E-state index contributed by atoms with van der Waals surface area (Å²) in [6, 6.07) is 16.3. The van der Waals surface area contributed by atoms with Crippen molar-refractivity contribution < 1.29 is 9.21 Å². The minimum Gasteiger partial charge on any atom is -0.423 e. The zero-order valence-electron chi connectivity index (χ0n) is 15.7. The minimum atomic E-state index is -0.0527. The predicted molar refractivity (Wildman–Crippen MR) is 107 cm³/mol. The maximum absolute atomic E-state index is 12.6. The lowest BCUT2D eigenvalue weighted by molar-refractivity contribution is 0.0951. The van der Waals surface area contributed by atoms with Crippen LogP contribution in [0.5, 0.6) is 0 Å². The molecule has 0 bridgehead atoms. The molecule has 0 spiro atoms. The SMILES string of the molecule is CN(C)c1cccc(C(=O)NC[C@@H]2CCCN2c2nc3ccccc3o2)c1. The summed E-state index contributed by atoms with van der Waals surface area (Å²) in [5, 5.41) is 3.07. The molecule has 140 valence electrons. The van der Waals surface area contributed by atoms with Crippen molar-refractivity contribution in [1.82, 2.24) is 10.3 Å². The number of nitrogens with one attached hydrogen (secondary N) is 1. The molecule has 0 saturated carbocycles. The number of benzene rings is 2. The number of rotatable bonds is 5. The number of carbonyl (C=O) groups is 1. The van der Waals surface area contributed by atoms with E-state index in [1.54, 1.807) is 0 Å². The zero-order valence-corrected chi connectivity index (χ0v) is 15.7. The molecular formula is C21H24N4O2. The van der Waals surface area contributed by atoms with Gasteiger partial charge in [-0.15, -0.1) is 0 Å². The van der Waals surface area contributed by atoms with Gasteiger partial charge in [0.1, 0.15) is 5.52 Å². The fourth-order valence-corrected chi connectivity index (χ4v) is 3.52. The summed E-state index contributed by atoms with van der Waals surface area (Å²) in [7, 11) is 3.93. The van der Waals surface area contributed by atoms with Crippen LogP contribution in [0.15, 0.2) is 52.9 Å². The maximum Gasteiger partial charge on any atom is 0.298 e. The van der Waals surface area contributed by atoms with Gasteiger partial charge in [-0.05, 0) is 43.2 Å². The molecule has 1 amide bonds. The van der Waals surface area contributed by atoms with Crippen LogP contribution in [-0.4, -0.2) is 44.1 Å². The number of amides is 1. The zero-order chi connectivity index (χ0) is 18.8. The van der Waals surface area contributed by atoms with Gasteiger partial charge in [0.2, 0.25) is 0 Å². The third kappa shape index (κ3) is 3.60. The molecule has 4 rings (SSSR count). The molecule has 6 nitrogen and oxygen atoms in total. The second kappa shape index (κ2) is 7.31. The lowest BCUT2D eigenvalue weighted by Crippen LogP contribution is -2.40. The van der Waals surface area contributed by atoms with Crippen molar-refractivity contribution in [2.24, 2.45) is 0 Å². The van der Waals surface area contributed by atoms with Crippen LogP contribution in [0.2, 0.25) is 0 Å². The van der Waals surface area contributed by atoms with E-state index in [1.165, 1.54) is 0 Å². The van der Waals surface area contributed by atoms with Gasteiger partial charge in [0.15, 0.2) is 5.58 Å². The molecule has 1 aliphatic heterocycles. The van der Waals surface area contributed by atoms with E-state index in [0.717, 1.165) is 36.2 Å². The first-order chi connectivity index (χ1) is 13.1. The first kappa shape index (κ1) is 17.4. The summed E-state index contributed by atoms with van der Waals surface area (Å²) < 4.78 is 5.91. The van der Waals surface area contributed by atoms with Crippen LogP contribution in [0.25, 0.3) is 11.1 Å². The maximum atomic E-state index is 12.6. The monoisotopic (exact) mass is 364 g/mol. The quantitative estimate of drug-likeness (QED) is 0.753. The van der Waals surface area contributed by atoms with Crippen molar-refractivity contribution in [2.75, 3.05) is 37.0 Å². The Morgan fingerprint density at radius 3 is 2.93 bits per heavy atom. The van der Waals surface area contributed by atoms with Crippen LogP contribution in [0, 0.1) is 0 Å². The van der Waals surface area contributed by atoms with Crippen LogP contribution in [-0.2, 0) is 0 Å². The van der Waals surface area contributed by atoms with Gasteiger partial charge in [-0.3, -0.25) is 4.79 Å². The molecule has 1 N–H and O–H groups in total. The third-order valence-corrected chi connectivity index (χ3v) is 5.03. The van der Waals surface area contributed by atoms with Crippen molar-refractivity contribution in [3.05, 3.63) is 54.1 Å². The van der Waals surface area contributed by atoms with E-state index in [4.69, 9.17) is 4.42 Å². The highest BCUT2D eigenvalue weighted by Gasteiger charge is 2.28. The molecule has 6 heteroatoms. The molecule has 2 aromatic carbocycles. The van der Waals surface area contributed by atoms with E-state index >= 15 is 0 Å². The Bertz CT molecular complexity index is 917. The smallest absolute Gasteiger partial charge is 0.298 e. The van der Waals surface area contributed by atoms with Crippen LogP contribution < -0.4 is 15.1 Å². The molecule has 1 atom stereocenters. The summed E-state index contributed by atoms with van der Waals surface area (Å²) >= 11 is 0. The van der Waals surface area contributed by atoms with E-state index in [1.807, 2.05) is 67.5 Å². The van der Waals surface area contributed by atoms with Crippen molar-refractivity contribution in [3.8, 4) is 0 Å². The number of carbonyl (C=O) groups excluding carboxylic acids is 1. The van der Waals surface area contributed by atoms with Crippen LogP contribution in [0.4, 0.5) is 11.7 Å². The Balaban J connectivity index is 1.44. The first-order valence-corrected chi connectivity index (χ1v) is 9.29. The molecule has 27 heavy (non-hydrogen) atoms. The van der Waals surface area contributed by atoms with Crippen molar-refractivity contribution in [2.45, 2.75) is 18.9 Å². The Labute approximate surface area is 158 Å². The van der Waals surface area contributed by atoms with E-state index in [2.05, 4.69) is 15.2 Å². The van der Waals surface area contributed by atoms with Crippen molar-refractivity contribution in [3.63, 3.8) is 0 Å². The molecule has 1 aromatic heterocycles. The third-order valence-electron chi connectivity index (χ3n) is 5.03. The minimum absolute atomic E-state index is 0.0527. The van der Waals surface area contributed by atoms with Crippen LogP contribution in [0.3, 0.4) is 0 Å². The average molecular weight is 364 g/mol. The molecule has 0 radical (unpaired) electrons. The number of oxazole rings is 1. The van der Waals surface area contributed by atoms with Gasteiger partial charge in [-0.2, -0.15) is 4.98 Å². The molecular weight excluding hydrogens is 340 g/mol. The lowest BCUT2D eigenvalue weighted by Gasteiger charge is -2.23. The number of anilines is 2. The Morgan fingerprint density at radius 1 is 1.26 bits per heavy atom. The van der Waals surface area contributed by atoms with E-state index < -0.39 is 0 Å². The fraction of sp³-hybridized carbons (Fsp3) is 0.333. The summed E-state index contributed by atoms with van der Waals surface area (Å²) in [4.78, 5) is 21.3. The summed E-state index contributed by atoms with van der Waals surface area (Å²) in [5.41, 5.74) is 3.34. The second-order valence-electron chi connectivity index (χ2n) is 7.11. The molecule has 1 fully saturated rings. The number of nitrogens with zero attached hydrogens (tertiary/aromatic N) is 3. The number of fused-ring (bicyclic) bond motifs is 1. The average Bonchev–Trinajstić information content (AvgIpc) is 3.32. The van der Waals surface area contributed by atoms with Gasteiger partial charge in [-0.1, -0.05) is 18.2 Å². The van der Waals surface area contributed by atoms with Crippen molar-refractivity contribution >= 4 is 28.7 Å². The van der Waals surface area contributed by atoms with E-state index in [-0.39, 0.29) is 11.9 Å². The summed E-state index contributed by atoms with van der Waals surface area (Å²) in [6.07, 6.45) is 2.08. The molecule has 0 aliphatic carbocycles. The topological polar surface area (TPSA) is 61.6 Å². The van der Waals surface area contributed by atoms with Gasteiger partial charge in [-0.25, -0.2) is 0 Å². The molecule has 1 aliphatic rings. The first-order valence-electron chi connectivity index (χ1n) is 9.29. The Hall–Kier alpha value is -3.02. The van der Waals surface area contributed by atoms with Gasteiger partial charge in [0, 0.05) is 38.4 Å². The molecule has 2 heterocycles. The van der Waals surface area contributed by atoms with Gasteiger partial charge in [0.25, 0.3) is 11.9 Å². The Kier molecular flexibility index (Phi) is 4.71. The van der Waals surface area contributed by atoms with Gasteiger partial charge in [0.05, 0.1) is 6.04 Å². The van der Waals surface area contributed by atoms with Crippen LogP contribution in [0.1, 0.15) is 23.2 Å². The largest absolute Gasteiger partial charge is 0.423 e. The molecule has 3 aromatic rings. The highest BCUT2D eigenvalue weighted by atomic mass is 16.4. The van der Waals surface area contributed by atoms with E-state index in [9.17, 15) is 4.79 Å². The summed E-state index contributed by atoms with van der Waals surface area (Å²) in [5.74, 6) is -0.0527. The summed E-state index contributed by atoms with van der Waals surface area (Å²) in [6.45, 7) is 1.47. The fourth-order valence-electron chi connectivity index (χ4n) is 3.52. The van der Waals surface area contributed by atoms with Crippen LogP contribution >= 0.6 is 0 Å². The normalized spacial score (nSPS) is 16.7. The van der Waals surface area contributed by atoms with Gasteiger partial charge >= 0.3 is 0 Å². The molecule has 0 unspecified atom stereocenters. The van der Waals surface area contributed by atoms with Gasteiger partial charge < -0.3 is 19.5 Å². The second-order valence-corrected chi connectivity index (χ2v) is 7.11. The number of hydrogen-bond donors (Lipinski definition) is 1. The lowest BCUT2D eigenvalue weighted by atomic mass is 10.1. The Morgan fingerprint density at radius 2 is 2.11 bits per heavy atom.